The van der Waals surface area contributed by atoms with Gasteiger partial charge in [0.1, 0.15) is 5.60 Å². The van der Waals surface area contributed by atoms with Crippen LogP contribution >= 0.6 is 11.6 Å². The highest BCUT2D eigenvalue weighted by atomic mass is 35.5. The van der Waals surface area contributed by atoms with Gasteiger partial charge in [0.15, 0.2) is 0 Å². The number of ether oxygens (including phenoxy) is 1. The number of fused-ring (bicyclic) bond motifs is 1. The normalized spacial score (nSPS) is 21.1. The van der Waals surface area contributed by atoms with Gasteiger partial charge in [0.25, 0.3) is 10.1 Å². The zero-order valence-electron chi connectivity index (χ0n) is 21.4. The van der Waals surface area contributed by atoms with Gasteiger partial charge in [0, 0.05) is 30.7 Å². The summed E-state index contributed by atoms with van der Waals surface area (Å²) < 4.78 is 58.4. The van der Waals surface area contributed by atoms with E-state index >= 15 is 0 Å². The molecule has 0 spiro atoms. The zero-order chi connectivity index (χ0) is 27.6. The van der Waals surface area contributed by atoms with Crippen LogP contribution in [0.1, 0.15) is 33.6 Å². The Morgan fingerprint density at radius 1 is 1.00 bits per heavy atom. The molecule has 2 atom stereocenters. The maximum atomic E-state index is 12.5. The Hall–Kier alpha value is -1.96. The van der Waals surface area contributed by atoms with Crippen molar-refractivity contribution in [1.82, 2.24) is 9.21 Å². The number of likely N-dealkylation sites (tertiary alicyclic amines) is 1. The van der Waals surface area contributed by atoms with E-state index in [-0.39, 0.29) is 12.6 Å². The molecule has 2 fully saturated rings. The van der Waals surface area contributed by atoms with Gasteiger partial charge in [-0.3, -0.25) is 4.18 Å². The van der Waals surface area contributed by atoms with Crippen LogP contribution in [0.15, 0.2) is 41.3 Å². The number of nitrogens with two attached hydrogens (primary N) is 1. The first-order valence-electron chi connectivity index (χ1n) is 11.8. The Balaban J connectivity index is 0.000000209. The molecule has 2 aromatic carbocycles. The number of benzene rings is 2. The van der Waals surface area contributed by atoms with E-state index in [1.54, 1.807) is 45.0 Å². The molecule has 0 radical (unpaired) electrons. The van der Waals surface area contributed by atoms with Crippen molar-refractivity contribution in [2.45, 2.75) is 56.3 Å². The van der Waals surface area contributed by atoms with Crippen LogP contribution in [-0.4, -0.2) is 82.3 Å². The summed E-state index contributed by atoms with van der Waals surface area (Å²) in [6.07, 6.45) is 1.33. The summed E-state index contributed by atoms with van der Waals surface area (Å²) in [4.78, 5) is 13.4. The van der Waals surface area contributed by atoms with Gasteiger partial charge in [0.2, 0.25) is 10.0 Å². The summed E-state index contributed by atoms with van der Waals surface area (Å²) >= 11 is 5.93. The Bertz CT molecular complexity index is 1340. The first kappa shape index (κ1) is 29.6. The summed E-state index contributed by atoms with van der Waals surface area (Å²) in [5.41, 5.74) is 5.24. The number of amides is 1. The Kier molecular flexibility index (Phi) is 9.14. The number of nitrogens with zero attached hydrogens (tertiary/aromatic N) is 2. The first-order chi connectivity index (χ1) is 17.0. The fourth-order valence-electron chi connectivity index (χ4n) is 4.02. The Labute approximate surface area is 223 Å². The average Bonchev–Trinajstić information content (AvgIpc) is 3.41. The third kappa shape index (κ3) is 8.52. The van der Waals surface area contributed by atoms with Crippen LogP contribution in [0.4, 0.5) is 4.79 Å². The summed E-state index contributed by atoms with van der Waals surface area (Å²) in [5, 5.41) is 2.42. The van der Waals surface area contributed by atoms with Crippen molar-refractivity contribution in [3.63, 3.8) is 0 Å². The van der Waals surface area contributed by atoms with Crippen LogP contribution in [-0.2, 0) is 29.1 Å². The van der Waals surface area contributed by atoms with Crippen LogP contribution < -0.4 is 5.73 Å². The molecule has 2 heterocycles. The number of carbonyl (C=O) groups excluding carboxylic acids is 1. The predicted molar refractivity (Wildman–Crippen MR) is 142 cm³/mol. The molecule has 4 rings (SSSR count). The van der Waals surface area contributed by atoms with Crippen molar-refractivity contribution in [3.05, 3.63) is 41.4 Å². The van der Waals surface area contributed by atoms with Gasteiger partial charge in [-0.05, 0) is 68.7 Å². The Morgan fingerprint density at radius 2 is 1.65 bits per heavy atom. The van der Waals surface area contributed by atoms with E-state index in [1.165, 1.54) is 9.21 Å². The standard InChI is InChI=1S/C14H15ClN2O2S.C10H19NO5S/c15-12-3-1-11-8-14(4-2-10(11)7-12)20(18,19)17-6-5-13(16)9-17;1-10(2,3)15-9(12)11-6-5-8(7-11)16-17(4,13)14/h1-4,7-8,13H,5-6,9,16H2;8H,5-7H2,1-4H3/t13-;8-/m01/s1. The summed E-state index contributed by atoms with van der Waals surface area (Å²) in [5.74, 6) is 0. The number of hydrogen-bond acceptors (Lipinski definition) is 8. The van der Waals surface area contributed by atoms with E-state index in [0.717, 1.165) is 17.0 Å². The molecule has 206 valence electrons. The molecular weight excluding hydrogens is 542 g/mol. The lowest BCUT2D eigenvalue weighted by Gasteiger charge is -2.24. The van der Waals surface area contributed by atoms with Gasteiger partial charge in [-0.15, -0.1) is 0 Å². The highest BCUT2D eigenvalue weighted by Gasteiger charge is 2.32. The molecule has 37 heavy (non-hydrogen) atoms. The number of sulfonamides is 1. The maximum absolute atomic E-state index is 12.5. The fraction of sp³-hybridized carbons (Fsp3) is 0.542. The lowest BCUT2D eigenvalue weighted by molar-refractivity contribution is 0.0276. The van der Waals surface area contributed by atoms with Crippen molar-refractivity contribution in [2.75, 3.05) is 32.4 Å². The van der Waals surface area contributed by atoms with Crippen molar-refractivity contribution in [1.29, 1.82) is 0 Å². The van der Waals surface area contributed by atoms with Gasteiger partial charge >= 0.3 is 6.09 Å². The van der Waals surface area contributed by atoms with Crippen LogP contribution in [0, 0.1) is 0 Å². The summed E-state index contributed by atoms with van der Waals surface area (Å²) in [6, 6.07) is 10.4. The molecule has 0 aromatic heterocycles. The highest BCUT2D eigenvalue weighted by Crippen LogP contribution is 2.26. The van der Waals surface area contributed by atoms with E-state index in [0.29, 0.717) is 42.4 Å². The molecule has 2 aromatic rings. The molecule has 0 unspecified atom stereocenters. The number of rotatable bonds is 4. The van der Waals surface area contributed by atoms with Crippen LogP contribution in [0.3, 0.4) is 0 Å². The molecule has 2 aliphatic rings. The Morgan fingerprint density at radius 3 is 2.24 bits per heavy atom. The molecular formula is C24H34ClN3O7S2. The first-order valence-corrected chi connectivity index (χ1v) is 15.5. The van der Waals surface area contributed by atoms with E-state index in [9.17, 15) is 21.6 Å². The fourth-order valence-corrected chi connectivity index (χ4v) is 6.40. The molecule has 0 bridgehead atoms. The minimum absolute atomic E-state index is 0.0657. The second-order valence-corrected chi connectivity index (χ2v) is 14.2. The molecule has 0 saturated carbocycles. The highest BCUT2D eigenvalue weighted by molar-refractivity contribution is 7.89. The van der Waals surface area contributed by atoms with Crippen molar-refractivity contribution in [2.24, 2.45) is 5.73 Å². The number of halogens is 1. The average molecular weight is 576 g/mol. The minimum atomic E-state index is -3.47. The predicted octanol–water partition coefficient (Wildman–Crippen LogP) is 3.19. The third-order valence-electron chi connectivity index (χ3n) is 5.71. The van der Waals surface area contributed by atoms with Crippen molar-refractivity contribution < 1.29 is 30.6 Å². The third-order valence-corrected chi connectivity index (χ3v) is 8.42. The number of hydrogen-bond donors (Lipinski definition) is 1. The summed E-state index contributed by atoms with van der Waals surface area (Å²) in [7, 11) is -6.92. The second kappa shape index (κ2) is 11.4. The van der Waals surface area contributed by atoms with E-state index in [4.69, 9.17) is 26.3 Å². The van der Waals surface area contributed by atoms with Gasteiger partial charge in [-0.1, -0.05) is 23.7 Å². The van der Waals surface area contributed by atoms with E-state index in [2.05, 4.69) is 0 Å². The lowest BCUT2D eigenvalue weighted by Crippen LogP contribution is -2.36. The van der Waals surface area contributed by atoms with Crippen LogP contribution in [0.2, 0.25) is 5.02 Å². The molecule has 2 N–H and O–H groups in total. The van der Waals surface area contributed by atoms with Crippen LogP contribution in [0.25, 0.3) is 10.8 Å². The summed E-state index contributed by atoms with van der Waals surface area (Å²) in [6.45, 7) is 6.93. The molecule has 2 aliphatic heterocycles. The molecule has 13 heteroatoms. The molecule has 2 saturated heterocycles. The minimum Gasteiger partial charge on any atom is -0.444 e. The van der Waals surface area contributed by atoms with Crippen molar-refractivity contribution in [3.8, 4) is 0 Å². The largest absolute Gasteiger partial charge is 0.444 e. The van der Waals surface area contributed by atoms with Gasteiger partial charge in [-0.2, -0.15) is 12.7 Å². The topological polar surface area (TPSA) is 136 Å². The SMILES string of the molecule is CC(C)(C)OC(=O)N1CC[C@@H](OS(C)(=O)=O)C1.N[C@H]1CCN(S(=O)(=O)c2ccc3cc(Cl)ccc3c2)C1. The lowest BCUT2D eigenvalue weighted by atomic mass is 10.1. The van der Waals surface area contributed by atoms with Gasteiger partial charge in [0.05, 0.1) is 23.8 Å². The van der Waals surface area contributed by atoms with Crippen LogP contribution in [0.5, 0.6) is 0 Å². The molecule has 1 amide bonds. The quantitative estimate of drug-likeness (QED) is 0.549. The van der Waals surface area contributed by atoms with Gasteiger partial charge in [-0.25, -0.2) is 13.2 Å². The maximum Gasteiger partial charge on any atom is 0.410 e. The van der Waals surface area contributed by atoms with Crippen molar-refractivity contribution >= 4 is 48.6 Å². The van der Waals surface area contributed by atoms with E-state index in [1.807, 2.05) is 12.1 Å². The van der Waals surface area contributed by atoms with E-state index < -0.39 is 37.9 Å². The smallest absolute Gasteiger partial charge is 0.410 e. The second-order valence-electron chi connectivity index (χ2n) is 10.2. The zero-order valence-corrected chi connectivity index (χ0v) is 23.8. The molecule has 0 aliphatic carbocycles. The van der Waals surface area contributed by atoms with Gasteiger partial charge < -0.3 is 15.4 Å². The molecule has 10 nitrogen and oxygen atoms in total. The monoisotopic (exact) mass is 575 g/mol. The number of carbonyl (C=O) groups is 1.